The van der Waals surface area contributed by atoms with Crippen molar-refractivity contribution in [3.8, 4) is 0 Å². The number of allylic oxidation sites excluding steroid dienone is 1. The first-order chi connectivity index (χ1) is 6.91. The van der Waals surface area contributed by atoms with Crippen molar-refractivity contribution >= 4 is 11.5 Å². The number of aliphatic hydroxyl groups is 1. The van der Waals surface area contributed by atoms with Crippen molar-refractivity contribution in [1.82, 2.24) is 4.98 Å². The second kappa shape index (κ2) is 4.26. The molecular formula is C12H15NO2. The van der Waals surface area contributed by atoms with Crippen LogP contribution in [0.1, 0.15) is 26.5 Å². The van der Waals surface area contributed by atoms with Crippen LogP contribution >= 0.6 is 0 Å². The van der Waals surface area contributed by atoms with Crippen LogP contribution in [-0.4, -0.2) is 15.9 Å². The average Bonchev–Trinajstić information content (AvgIpc) is 2.17. The molecule has 1 heterocycles. The Kier molecular flexibility index (Phi) is 3.24. The lowest BCUT2D eigenvalue weighted by Gasteiger charge is -2.13. The Bertz CT molecular complexity index is 374. The Morgan fingerprint density at radius 3 is 2.53 bits per heavy atom. The van der Waals surface area contributed by atoms with Gasteiger partial charge < -0.3 is 5.11 Å². The molecule has 1 aromatic heterocycles. The number of carbonyl (C=O) groups excluding carboxylic acids is 1. The molecule has 0 saturated heterocycles. The van der Waals surface area contributed by atoms with E-state index >= 15 is 0 Å². The Morgan fingerprint density at radius 1 is 1.40 bits per heavy atom. The molecular weight excluding hydrogens is 190 g/mol. The third-order valence-electron chi connectivity index (χ3n) is 1.93. The van der Waals surface area contributed by atoms with E-state index in [1.54, 1.807) is 45.2 Å². The third-order valence-corrected chi connectivity index (χ3v) is 1.93. The van der Waals surface area contributed by atoms with Gasteiger partial charge in [-0.3, -0.25) is 9.78 Å². The van der Waals surface area contributed by atoms with Crippen LogP contribution in [0, 0.1) is 5.41 Å². The van der Waals surface area contributed by atoms with E-state index in [0.29, 0.717) is 5.69 Å². The summed E-state index contributed by atoms with van der Waals surface area (Å²) in [4.78, 5) is 15.5. The summed E-state index contributed by atoms with van der Waals surface area (Å²) in [5.74, 6) is -0.207. The van der Waals surface area contributed by atoms with Crippen LogP contribution in [0.3, 0.4) is 0 Å². The summed E-state index contributed by atoms with van der Waals surface area (Å²) < 4.78 is 0. The molecule has 3 nitrogen and oxygen atoms in total. The molecule has 0 amide bonds. The molecule has 0 aliphatic heterocycles. The van der Waals surface area contributed by atoms with E-state index in [9.17, 15) is 9.90 Å². The summed E-state index contributed by atoms with van der Waals surface area (Å²) in [6.07, 6.45) is 2.79. The Balaban J connectivity index is 2.91. The van der Waals surface area contributed by atoms with Gasteiger partial charge in [0.25, 0.3) is 0 Å². The second-order valence-corrected chi connectivity index (χ2v) is 4.36. The number of hydrogen-bond donors (Lipinski definition) is 1. The first-order valence-electron chi connectivity index (χ1n) is 4.78. The van der Waals surface area contributed by atoms with Crippen molar-refractivity contribution in [2.45, 2.75) is 20.8 Å². The highest BCUT2D eigenvalue weighted by Crippen LogP contribution is 2.17. The smallest absolute Gasteiger partial charge is 0.164 e. The molecule has 1 N–H and O–H groups in total. The van der Waals surface area contributed by atoms with Gasteiger partial charge in [-0.15, -0.1) is 0 Å². The van der Waals surface area contributed by atoms with Gasteiger partial charge in [0.2, 0.25) is 0 Å². The summed E-state index contributed by atoms with van der Waals surface area (Å²) in [7, 11) is 0. The minimum absolute atomic E-state index is 0.0875. The number of hydrogen-bond acceptors (Lipinski definition) is 3. The molecule has 1 rings (SSSR count). The summed E-state index contributed by atoms with van der Waals surface area (Å²) in [6.45, 7) is 5.41. The predicted octanol–water partition coefficient (Wildman–Crippen LogP) is 2.60. The van der Waals surface area contributed by atoms with E-state index in [1.165, 1.54) is 6.08 Å². The molecule has 0 bridgehead atoms. The first kappa shape index (κ1) is 11.4. The lowest BCUT2D eigenvalue weighted by atomic mass is 9.90. The minimum Gasteiger partial charge on any atom is -0.506 e. The molecule has 1 aromatic rings. The molecule has 0 saturated carbocycles. The Morgan fingerprint density at radius 2 is 2.07 bits per heavy atom. The van der Waals surface area contributed by atoms with Crippen molar-refractivity contribution in [2.24, 2.45) is 5.41 Å². The highest BCUT2D eigenvalue weighted by Gasteiger charge is 2.19. The van der Waals surface area contributed by atoms with Crippen molar-refractivity contribution in [3.05, 3.63) is 36.2 Å². The maximum Gasteiger partial charge on any atom is 0.164 e. The van der Waals surface area contributed by atoms with E-state index in [2.05, 4.69) is 4.98 Å². The summed E-state index contributed by atoms with van der Waals surface area (Å²) in [5, 5.41) is 9.63. The van der Waals surface area contributed by atoms with Gasteiger partial charge in [0, 0.05) is 17.7 Å². The normalized spacial score (nSPS) is 12.6. The number of carbonyl (C=O) groups is 1. The van der Waals surface area contributed by atoms with E-state index in [-0.39, 0.29) is 11.5 Å². The second-order valence-electron chi connectivity index (χ2n) is 4.36. The topological polar surface area (TPSA) is 50.2 Å². The first-order valence-corrected chi connectivity index (χ1v) is 4.78. The zero-order valence-corrected chi connectivity index (χ0v) is 9.19. The van der Waals surface area contributed by atoms with Gasteiger partial charge in [-0.2, -0.15) is 0 Å². The zero-order chi connectivity index (χ0) is 11.5. The Labute approximate surface area is 89.5 Å². The summed E-state index contributed by atoms with van der Waals surface area (Å²) in [5.41, 5.74) is -0.0712. The number of nitrogens with zero attached hydrogens (tertiary/aromatic N) is 1. The highest BCUT2D eigenvalue weighted by atomic mass is 16.3. The SMILES string of the molecule is CC(C)(C)C(=O)C=C(O)c1ccccn1. The fourth-order valence-corrected chi connectivity index (χ4v) is 0.929. The molecule has 80 valence electrons. The van der Waals surface area contributed by atoms with E-state index in [4.69, 9.17) is 0 Å². The largest absolute Gasteiger partial charge is 0.506 e. The van der Waals surface area contributed by atoms with Crippen LogP contribution in [0.2, 0.25) is 0 Å². The fourth-order valence-electron chi connectivity index (χ4n) is 0.929. The van der Waals surface area contributed by atoms with Crippen LogP contribution in [0.4, 0.5) is 0 Å². The molecule has 0 aliphatic carbocycles. The molecule has 15 heavy (non-hydrogen) atoms. The maximum atomic E-state index is 11.6. The van der Waals surface area contributed by atoms with Gasteiger partial charge in [0.15, 0.2) is 5.78 Å². The molecule has 0 fully saturated rings. The molecule has 0 aromatic carbocycles. The summed E-state index contributed by atoms with van der Waals surface area (Å²) >= 11 is 0. The predicted molar refractivity (Wildman–Crippen MR) is 59.3 cm³/mol. The van der Waals surface area contributed by atoms with Crippen molar-refractivity contribution in [2.75, 3.05) is 0 Å². The van der Waals surface area contributed by atoms with Crippen molar-refractivity contribution < 1.29 is 9.90 Å². The average molecular weight is 205 g/mol. The number of pyridine rings is 1. The molecule has 0 unspecified atom stereocenters. The molecule has 0 spiro atoms. The molecule has 0 aliphatic rings. The van der Waals surface area contributed by atoms with Crippen LogP contribution in [-0.2, 0) is 4.79 Å². The van der Waals surface area contributed by atoms with Gasteiger partial charge in [0.05, 0.1) is 0 Å². The van der Waals surface area contributed by atoms with Gasteiger partial charge in [-0.1, -0.05) is 26.8 Å². The van der Waals surface area contributed by atoms with Crippen LogP contribution < -0.4 is 0 Å². The van der Waals surface area contributed by atoms with E-state index < -0.39 is 5.41 Å². The number of aliphatic hydroxyl groups excluding tert-OH is 1. The number of aromatic nitrogens is 1. The molecule has 0 radical (unpaired) electrons. The van der Waals surface area contributed by atoms with E-state index in [1.807, 2.05) is 0 Å². The van der Waals surface area contributed by atoms with Gasteiger partial charge in [0.1, 0.15) is 11.5 Å². The monoisotopic (exact) mass is 205 g/mol. The molecule has 0 atom stereocenters. The Hall–Kier alpha value is -1.64. The van der Waals surface area contributed by atoms with Crippen LogP contribution in [0.5, 0.6) is 0 Å². The highest BCUT2D eigenvalue weighted by molar-refractivity contribution is 5.98. The van der Waals surface area contributed by atoms with Gasteiger partial charge in [-0.05, 0) is 12.1 Å². The number of rotatable bonds is 2. The summed E-state index contributed by atoms with van der Waals surface area (Å²) in [6, 6.07) is 5.16. The lowest BCUT2D eigenvalue weighted by Crippen LogP contribution is -2.17. The van der Waals surface area contributed by atoms with Crippen LogP contribution in [0.15, 0.2) is 30.5 Å². The standard InChI is InChI=1S/C12H15NO2/c1-12(2,3)11(15)8-10(14)9-6-4-5-7-13-9/h4-8,14H,1-3H3. The van der Waals surface area contributed by atoms with Gasteiger partial charge >= 0.3 is 0 Å². The third kappa shape index (κ3) is 3.20. The lowest BCUT2D eigenvalue weighted by molar-refractivity contribution is -0.121. The maximum absolute atomic E-state index is 11.6. The van der Waals surface area contributed by atoms with Crippen molar-refractivity contribution in [1.29, 1.82) is 0 Å². The fraction of sp³-hybridized carbons (Fsp3) is 0.333. The van der Waals surface area contributed by atoms with E-state index in [0.717, 1.165) is 0 Å². The quantitative estimate of drug-likeness (QED) is 0.596. The zero-order valence-electron chi connectivity index (χ0n) is 9.19. The number of ketones is 1. The van der Waals surface area contributed by atoms with Crippen LogP contribution in [0.25, 0.3) is 5.76 Å². The molecule has 3 heteroatoms. The van der Waals surface area contributed by atoms with Crippen molar-refractivity contribution in [3.63, 3.8) is 0 Å². The van der Waals surface area contributed by atoms with Gasteiger partial charge in [-0.25, -0.2) is 0 Å². The minimum atomic E-state index is -0.483.